The Labute approximate surface area is 111 Å². The first-order chi connectivity index (χ1) is 9.29. The molecule has 2 aromatic heterocycles. The molecule has 98 valence electrons. The molecule has 0 saturated heterocycles. The number of anilines is 1. The van der Waals surface area contributed by atoms with Crippen molar-refractivity contribution in [3.8, 4) is 0 Å². The van der Waals surface area contributed by atoms with Crippen molar-refractivity contribution in [2.24, 2.45) is 0 Å². The Morgan fingerprint density at radius 1 is 1.37 bits per heavy atom. The molecule has 5 nitrogen and oxygen atoms in total. The van der Waals surface area contributed by atoms with E-state index in [0.29, 0.717) is 18.7 Å². The molecule has 0 aliphatic carbocycles. The van der Waals surface area contributed by atoms with Gasteiger partial charge in [-0.2, -0.15) is 0 Å². The van der Waals surface area contributed by atoms with E-state index < -0.39 is 0 Å². The van der Waals surface area contributed by atoms with Gasteiger partial charge in [0, 0.05) is 18.6 Å². The van der Waals surface area contributed by atoms with Crippen LogP contribution in [0.1, 0.15) is 23.0 Å². The number of hydrogen-bond donors (Lipinski definition) is 1. The maximum absolute atomic E-state index is 11.6. The molecular formula is C14H15N3O2. The molecule has 2 heterocycles. The van der Waals surface area contributed by atoms with E-state index in [-0.39, 0.29) is 5.97 Å². The first-order valence-corrected chi connectivity index (χ1v) is 6.05. The van der Waals surface area contributed by atoms with E-state index in [1.807, 2.05) is 18.2 Å². The molecular weight excluding hydrogens is 242 g/mol. The van der Waals surface area contributed by atoms with Crippen molar-refractivity contribution in [2.75, 3.05) is 11.9 Å². The molecule has 2 aromatic rings. The van der Waals surface area contributed by atoms with Crippen LogP contribution in [0, 0.1) is 0 Å². The lowest BCUT2D eigenvalue weighted by Gasteiger charge is -2.07. The average molecular weight is 257 g/mol. The fourth-order valence-electron chi connectivity index (χ4n) is 1.56. The van der Waals surface area contributed by atoms with Gasteiger partial charge in [-0.1, -0.05) is 6.07 Å². The summed E-state index contributed by atoms with van der Waals surface area (Å²) in [4.78, 5) is 19.8. The predicted octanol–water partition coefficient (Wildman–Crippen LogP) is 2.27. The summed E-state index contributed by atoms with van der Waals surface area (Å²) in [6.45, 7) is 2.70. The van der Waals surface area contributed by atoms with Crippen molar-refractivity contribution in [3.63, 3.8) is 0 Å². The molecule has 0 unspecified atom stereocenters. The van der Waals surface area contributed by atoms with Gasteiger partial charge in [0.1, 0.15) is 0 Å². The Balaban J connectivity index is 2.01. The van der Waals surface area contributed by atoms with Crippen LogP contribution in [0.25, 0.3) is 0 Å². The van der Waals surface area contributed by atoms with Crippen molar-refractivity contribution in [1.29, 1.82) is 0 Å². The molecule has 0 saturated carbocycles. The highest BCUT2D eigenvalue weighted by atomic mass is 16.5. The number of ether oxygens (including phenoxy) is 1. The number of hydrogen-bond acceptors (Lipinski definition) is 5. The van der Waals surface area contributed by atoms with Crippen molar-refractivity contribution in [2.45, 2.75) is 13.5 Å². The lowest BCUT2D eigenvalue weighted by molar-refractivity contribution is 0.0526. The van der Waals surface area contributed by atoms with E-state index >= 15 is 0 Å². The van der Waals surface area contributed by atoms with E-state index in [2.05, 4.69) is 15.3 Å². The molecule has 0 bridgehead atoms. The van der Waals surface area contributed by atoms with Gasteiger partial charge in [-0.05, 0) is 25.1 Å². The summed E-state index contributed by atoms with van der Waals surface area (Å²) >= 11 is 0. The molecule has 19 heavy (non-hydrogen) atoms. The minimum atomic E-state index is -0.364. The van der Waals surface area contributed by atoms with E-state index in [1.165, 1.54) is 6.20 Å². The van der Waals surface area contributed by atoms with Gasteiger partial charge >= 0.3 is 5.97 Å². The van der Waals surface area contributed by atoms with Crippen LogP contribution in [0.15, 0.2) is 42.9 Å². The Hall–Kier alpha value is -2.43. The minimum absolute atomic E-state index is 0.352. The fraction of sp³-hybridized carbons (Fsp3) is 0.214. The first kappa shape index (κ1) is 13.0. The first-order valence-electron chi connectivity index (χ1n) is 6.05. The van der Waals surface area contributed by atoms with E-state index in [9.17, 15) is 4.79 Å². The van der Waals surface area contributed by atoms with Crippen LogP contribution < -0.4 is 5.32 Å². The predicted molar refractivity (Wildman–Crippen MR) is 71.8 cm³/mol. The molecule has 0 aromatic carbocycles. The molecule has 0 spiro atoms. The second kappa shape index (κ2) is 6.49. The Kier molecular flexibility index (Phi) is 4.44. The highest BCUT2D eigenvalue weighted by Gasteiger charge is 2.07. The van der Waals surface area contributed by atoms with Crippen LogP contribution >= 0.6 is 0 Å². The third-order valence-corrected chi connectivity index (χ3v) is 2.45. The van der Waals surface area contributed by atoms with Crippen molar-refractivity contribution < 1.29 is 9.53 Å². The van der Waals surface area contributed by atoms with Gasteiger partial charge in [-0.15, -0.1) is 0 Å². The monoisotopic (exact) mass is 257 g/mol. The molecule has 0 aliphatic rings. The van der Waals surface area contributed by atoms with E-state index in [1.54, 1.807) is 25.4 Å². The van der Waals surface area contributed by atoms with Crippen LogP contribution in [0.3, 0.4) is 0 Å². The molecule has 1 N–H and O–H groups in total. The molecule has 2 rings (SSSR count). The standard InChI is InChI=1S/C14H15N3O2/c1-2-19-14(18)11-7-13(9-15-8-11)17-10-12-5-3-4-6-16-12/h3-9,17H,2,10H2,1H3. The van der Waals surface area contributed by atoms with Gasteiger partial charge in [0.05, 0.1) is 30.1 Å². The molecule has 5 heteroatoms. The zero-order chi connectivity index (χ0) is 13.5. The summed E-state index contributed by atoms with van der Waals surface area (Å²) in [5.74, 6) is -0.364. The topological polar surface area (TPSA) is 64.1 Å². The summed E-state index contributed by atoms with van der Waals surface area (Å²) < 4.78 is 4.93. The number of carbonyl (C=O) groups excluding carboxylic acids is 1. The van der Waals surface area contributed by atoms with Gasteiger partial charge in [-0.25, -0.2) is 4.79 Å². The highest BCUT2D eigenvalue weighted by molar-refractivity contribution is 5.90. The quantitative estimate of drug-likeness (QED) is 0.832. The molecule has 0 amide bonds. The van der Waals surface area contributed by atoms with Crippen molar-refractivity contribution in [1.82, 2.24) is 9.97 Å². The normalized spacial score (nSPS) is 9.95. The van der Waals surface area contributed by atoms with Crippen LogP contribution in [-0.2, 0) is 11.3 Å². The number of aromatic nitrogens is 2. The molecule has 0 atom stereocenters. The molecule has 0 aliphatic heterocycles. The maximum atomic E-state index is 11.6. The number of rotatable bonds is 5. The second-order valence-corrected chi connectivity index (χ2v) is 3.86. The zero-order valence-corrected chi connectivity index (χ0v) is 10.7. The molecule has 0 radical (unpaired) electrons. The summed E-state index contributed by atoms with van der Waals surface area (Å²) in [5, 5.41) is 3.17. The van der Waals surface area contributed by atoms with Crippen molar-refractivity contribution >= 4 is 11.7 Å². The van der Waals surface area contributed by atoms with Gasteiger partial charge in [0.25, 0.3) is 0 Å². The van der Waals surface area contributed by atoms with Crippen molar-refractivity contribution in [3.05, 3.63) is 54.1 Å². The third-order valence-electron chi connectivity index (χ3n) is 2.45. The summed E-state index contributed by atoms with van der Waals surface area (Å²) in [6.07, 6.45) is 4.89. The lowest BCUT2D eigenvalue weighted by atomic mass is 10.2. The zero-order valence-electron chi connectivity index (χ0n) is 10.7. The summed E-state index contributed by atoms with van der Waals surface area (Å²) in [5.41, 5.74) is 2.12. The van der Waals surface area contributed by atoms with Crippen LogP contribution in [0.4, 0.5) is 5.69 Å². The number of nitrogens with one attached hydrogen (secondary N) is 1. The van der Waals surface area contributed by atoms with E-state index in [0.717, 1.165) is 11.4 Å². The minimum Gasteiger partial charge on any atom is -0.462 e. The van der Waals surface area contributed by atoms with Gasteiger partial charge in [-0.3, -0.25) is 9.97 Å². The Morgan fingerprint density at radius 3 is 3.00 bits per heavy atom. The summed E-state index contributed by atoms with van der Waals surface area (Å²) in [7, 11) is 0. The number of nitrogens with zero attached hydrogens (tertiary/aromatic N) is 2. The Morgan fingerprint density at radius 2 is 2.26 bits per heavy atom. The molecule has 0 fully saturated rings. The second-order valence-electron chi connectivity index (χ2n) is 3.86. The van der Waals surface area contributed by atoms with Crippen LogP contribution in [0.5, 0.6) is 0 Å². The van der Waals surface area contributed by atoms with Crippen LogP contribution in [-0.4, -0.2) is 22.5 Å². The average Bonchev–Trinajstić information content (AvgIpc) is 2.47. The third kappa shape index (κ3) is 3.77. The fourth-order valence-corrected chi connectivity index (χ4v) is 1.56. The number of esters is 1. The maximum Gasteiger partial charge on any atom is 0.339 e. The smallest absolute Gasteiger partial charge is 0.339 e. The van der Waals surface area contributed by atoms with Gasteiger partial charge in [0.2, 0.25) is 0 Å². The van der Waals surface area contributed by atoms with E-state index in [4.69, 9.17) is 4.74 Å². The Bertz CT molecular complexity index is 543. The summed E-state index contributed by atoms with van der Waals surface area (Å²) in [6, 6.07) is 7.44. The number of pyridine rings is 2. The lowest BCUT2D eigenvalue weighted by Crippen LogP contribution is -2.07. The van der Waals surface area contributed by atoms with Gasteiger partial charge < -0.3 is 10.1 Å². The van der Waals surface area contributed by atoms with Crippen LogP contribution in [0.2, 0.25) is 0 Å². The SMILES string of the molecule is CCOC(=O)c1cncc(NCc2ccccn2)c1. The largest absolute Gasteiger partial charge is 0.462 e. The number of carbonyl (C=O) groups is 1. The van der Waals surface area contributed by atoms with Gasteiger partial charge in [0.15, 0.2) is 0 Å². The highest BCUT2D eigenvalue weighted by Crippen LogP contribution is 2.10.